The monoisotopic (exact) mass is 345 g/mol. The molecular weight excluding hydrogens is 328 g/mol. The molecule has 0 fully saturated rings. The molecule has 0 spiro atoms. The van der Waals surface area contributed by atoms with E-state index < -0.39 is 5.82 Å². The van der Waals surface area contributed by atoms with Crippen LogP contribution in [0.2, 0.25) is 0 Å². The summed E-state index contributed by atoms with van der Waals surface area (Å²) in [4.78, 5) is 0. The van der Waals surface area contributed by atoms with Gasteiger partial charge >= 0.3 is 0 Å². The summed E-state index contributed by atoms with van der Waals surface area (Å²) in [6.07, 6.45) is 2.41. The van der Waals surface area contributed by atoms with Crippen LogP contribution < -0.4 is 0 Å². The molecule has 0 heterocycles. The molecule has 0 aromatic heterocycles. The van der Waals surface area contributed by atoms with Crippen molar-refractivity contribution < 1.29 is 8.78 Å². The second kappa shape index (κ2) is 6.38. The Morgan fingerprint density at radius 1 is 0.885 bits per heavy atom. The van der Waals surface area contributed by atoms with Crippen molar-refractivity contribution in [3.8, 4) is 28.3 Å². The molecule has 3 aromatic carbocycles. The smallest absolute Gasteiger partial charge is 0.141 e. The van der Waals surface area contributed by atoms with Gasteiger partial charge in [0, 0.05) is 0 Å². The zero-order chi connectivity index (χ0) is 18.3. The maximum atomic E-state index is 14.3. The Bertz CT molecular complexity index is 1060. The fourth-order valence-electron chi connectivity index (χ4n) is 3.70. The second-order valence-corrected chi connectivity index (χ2v) is 6.71. The summed E-state index contributed by atoms with van der Waals surface area (Å²) in [5.74, 6) is -0.656. The van der Waals surface area contributed by atoms with Crippen molar-refractivity contribution in [3.63, 3.8) is 0 Å². The van der Waals surface area contributed by atoms with Crippen LogP contribution >= 0.6 is 0 Å². The number of hydrogen-bond donors (Lipinski definition) is 0. The molecule has 0 radical (unpaired) electrons. The summed E-state index contributed by atoms with van der Waals surface area (Å²) in [6, 6.07) is 16.0. The minimum Gasteiger partial charge on any atom is -0.207 e. The van der Waals surface area contributed by atoms with E-state index >= 15 is 0 Å². The zero-order valence-corrected chi connectivity index (χ0v) is 14.4. The third kappa shape index (κ3) is 2.68. The van der Waals surface area contributed by atoms with Gasteiger partial charge in [0.15, 0.2) is 0 Å². The highest BCUT2D eigenvalue weighted by Gasteiger charge is 2.21. The minimum atomic E-state index is -0.514. The van der Waals surface area contributed by atoms with Gasteiger partial charge in [-0.1, -0.05) is 43.7 Å². The van der Waals surface area contributed by atoms with Gasteiger partial charge in [-0.05, 0) is 70.0 Å². The highest BCUT2D eigenvalue weighted by molar-refractivity contribution is 5.80. The molecule has 4 rings (SSSR count). The number of nitrogens with zero attached hydrogens (tertiary/aromatic N) is 1. The summed E-state index contributed by atoms with van der Waals surface area (Å²) < 4.78 is 28.2. The Morgan fingerprint density at radius 3 is 2.35 bits per heavy atom. The summed E-state index contributed by atoms with van der Waals surface area (Å²) in [7, 11) is 0. The van der Waals surface area contributed by atoms with Crippen molar-refractivity contribution in [2.24, 2.45) is 0 Å². The van der Waals surface area contributed by atoms with Gasteiger partial charge in [-0.15, -0.1) is 0 Å². The molecule has 0 atom stereocenters. The van der Waals surface area contributed by atoms with Gasteiger partial charge < -0.3 is 0 Å². The highest BCUT2D eigenvalue weighted by atomic mass is 19.1. The van der Waals surface area contributed by atoms with Gasteiger partial charge in [0.2, 0.25) is 0 Å². The second-order valence-electron chi connectivity index (χ2n) is 6.71. The topological polar surface area (TPSA) is 23.8 Å². The lowest BCUT2D eigenvalue weighted by atomic mass is 9.98. The summed E-state index contributed by atoms with van der Waals surface area (Å²) in [5, 5.41) is 8.87. The van der Waals surface area contributed by atoms with E-state index in [9.17, 15) is 8.78 Å². The SMILES string of the molecule is CCCc1cc2c(cc1F)-c1ccc(-c3ccc(C#N)c(F)c3)cc1C2. The van der Waals surface area contributed by atoms with Gasteiger partial charge in [0.05, 0.1) is 5.56 Å². The molecule has 1 aliphatic carbocycles. The Kier molecular flexibility index (Phi) is 4.05. The molecule has 0 N–H and O–H groups in total. The van der Waals surface area contributed by atoms with E-state index in [2.05, 4.69) is 0 Å². The van der Waals surface area contributed by atoms with E-state index in [4.69, 9.17) is 5.26 Å². The Labute approximate surface area is 151 Å². The molecule has 0 bridgehead atoms. The van der Waals surface area contributed by atoms with E-state index in [-0.39, 0.29) is 11.4 Å². The van der Waals surface area contributed by atoms with Crippen LogP contribution in [0.4, 0.5) is 8.78 Å². The molecule has 0 unspecified atom stereocenters. The summed E-state index contributed by atoms with van der Waals surface area (Å²) in [5.41, 5.74) is 6.71. The van der Waals surface area contributed by atoms with Crippen LogP contribution in [-0.4, -0.2) is 0 Å². The molecule has 128 valence electrons. The van der Waals surface area contributed by atoms with Crippen LogP contribution in [0.25, 0.3) is 22.3 Å². The maximum Gasteiger partial charge on any atom is 0.141 e. The Hall–Kier alpha value is -2.99. The van der Waals surface area contributed by atoms with Crippen LogP contribution in [0.5, 0.6) is 0 Å². The average Bonchev–Trinajstić information content (AvgIpc) is 2.98. The first-order chi connectivity index (χ1) is 12.6. The predicted octanol–water partition coefficient (Wildman–Crippen LogP) is 6.03. The molecule has 1 nitrogen and oxygen atoms in total. The third-order valence-electron chi connectivity index (χ3n) is 4.99. The summed E-state index contributed by atoms with van der Waals surface area (Å²) >= 11 is 0. The fourth-order valence-corrected chi connectivity index (χ4v) is 3.70. The van der Waals surface area contributed by atoms with E-state index in [1.54, 1.807) is 12.1 Å². The van der Waals surface area contributed by atoms with E-state index in [1.165, 1.54) is 12.1 Å². The number of hydrogen-bond acceptors (Lipinski definition) is 1. The molecule has 3 aromatic rings. The van der Waals surface area contributed by atoms with Crippen LogP contribution in [0.1, 0.15) is 35.6 Å². The zero-order valence-electron chi connectivity index (χ0n) is 14.4. The maximum absolute atomic E-state index is 14.3. The number of nitriles is 1. The Morgan fingerprint density at radius 2 is 1.62 bits per heavy atom. The van der Waals surface area contributed by atoms with E-state index in [1.807, 2.05) is 37.3 Å². The van der Waals surface area contributed by atoms with Crippen molar-refractivity contribution >= 4 is 0 Å². The van der Waals surface area contributed by atoms with E-state index in [0.717, 1.165) is 58.2 Å². The lowest BCUT2D eigenvalue weighted by molar-refractivity contribution is 0.607. The predicted molar refractivity (Wildman–Crippen MR) is 98.7 cm³/mol. The lowest BCUT2D eigenvalue weighted by Gasteiger charge is -2.07. The molecule has 0 amide bonds. The van der Waals surface area contributed by atoms with Crippen LogP contribution in [0, 0.1) is 23.0 Å². The first-order valence-corrected chi connectivity index (χ1v) is 8.75. The fraction of sp³-hybridized carbons (Fsp3) is 0.174. The third-order valence-corrected chi connectivity index (χ3v) is 4.99. The number of aryl methyl sites for hydroxylation is 1. The highest BCUT2D eigenvalue weighted by Crippen LogP contribution is 2.40. The largest absolute Gasteiger partial charge is 0.207 e. The molecule has 0 aliphatic heterocycles. The normalized spacial score (nSPS) is 11.8. The number of fused-ring (bicyclic) bond motifs is 3. The van der Waals surface area contributed by atoms with Crippen molar-refractivity contribution in [2.45, 2.75) is 26.2 Å². The molecule has 26 heavy (non-hydrogen) atoms. The van der Waals surface area contributed by atoms with Crippen molar-refractivity contribution in [2.75, 3.05) is 0 Å². The van der Waals surface area contributed by atoms with Crippen molar-refractivity contribution in [3.05, 3.63) is 82.4 Å². The molecule has 0 saturated carbocycles. The summed E-state index contributed by atoms with van der Waals surface area (Å²) in [6.45, 7) is 2.05. The molecule has 3 heteroatoms. The van der Waals surface area contributed by atoms with Gasteiger partial charge in [-0.2, -0.15) is 5.26 Å². The molecule has 0 saturated heterocycles. The standard InChI is InChI=1S/C23H17F2N/c1-2-3-16-9-19-10-18-8-14(6-7-20(18)21(19)12-23(16)25)15-4-5-17(13-26)22(24)11-15/h4-9,11-12H,2-3,10H2,1H3. The van der Waals surface area contributed by atoms with Gasteiger partial charge in [-0.3, -0.25) is 0 Å². The quantitative estimate of drug-likeness (QED) is 0.445. The van der Waals surface area contributed by atoms with Crippen LogP contribution in [0.3, 0.4) is 0 Å². The molecular formula is C23H17F2N. The van der Waals surface area contributed by atoms with Gasteiger partial charge in [-0.25, -0.2) is 8.78 Å². The first-order valence-electron chi connectivity index (χ1n) is 8.75. The average molecular weight is 345 g/mol. The minimum absolute atomic E-state index is 0.0428. The van der Waals surface area contributed by atoms with Gasteiger partial charge in [0.1, 0.15) is 17.7 Å². The van der Waals surface area contributed by atoms with Crippen molar-refractivity contribution in [1.82, 2.24) is 0 Å². The van der Waals surface area contributed by atoms with Crippen LogP contribution in [0.15, 0.2) is 48.5 Å². The molecule has 1 aliphatic rings. The Balaban J connectivity index is 1.74. The van der Waals surface area contributed by atoms with Gasteiger partial charge in [0.25, 0.3) is 0 Å². The lowest BCUT2D eigenvalue weighted by Crippen LogP contribution is -1.92. The van der Waals surface area contributed by atoms with Crippen molar-refractivity contribution in [1.29, 1.82) is 5.26 Å². The number of halogens is 2. The van der Waals surface area contributed by atoms with E-state index in [0.29, 0.717) is 0 Å². The number of rotatable bonds is 3. The number of benzene rings is 3. The first kappa shape index (κ1) is 16.5. The van der Waals surface area contributed by atoms with Crippen LogP contribution in [-0.2, 0) is 12.8 Å².